The van der Waals surface area contributed by atoms with Gasteiger partial charge in [0.1, 0.15) is 11.3 Å². The lowest BCUT2D eigenvalue weighted by Gasteiger charge is -2.13. The molecule has 96 valence electrons. The van der Waals surface area contributed by atoms with Crippen molar-refractivity contribution in [2.45, 2.75) is 38.1 Å². The molecule has 2 aromatic rings. The van der Waals surface area contributed by atoms with Crippen molar-refractivity contribution in [3.8, 4) is 0 Å². The van der Waals surface area contributed by atoms with Crippen LogP contribution in [0.4, 0.5) is 4.39 Å². The maximum Gasteiger partial charge on any atom is 0.151 e. The molecule has 1 heterocycles. The summed E-state index contributed by atoms with van der Waals surface area (Å²) in [5.74, 6) is 1.54. The minimum atomic E-state index is -0.260. The highest BCUT2D eigenvalue weighted by Crippen LogP contribution is 2.29. The molecule has 2 nitrogen and oxygen atoms in total. The van der Waals surface area contributed by atoms with Gasteiger partial charge < -0.3 is 4.57 Å². The molecule has 0 aliphatic heterocycles. The second kappa shape index (κ2) is 4.88. The van der Waals surface area contributed by atoms with Gasteiger partial charge in [0, 0.05) is 6.54 Å². The van der Waals surface area contributed by atoms with Crippen LogP contribution in [-0.4, -0.2) is 9.55 Å². The van der Waals surface area contributed by atoms with Gasteiger partial charge in [0.2, 0.25) is 0 Å². The zero-order valence-electron chi connectivity index (χ0n) is 10.2. The third kappa shape index (κ3) is 2.01. The predicted octanol–water partition coefficient (Wildman–Crippen LogP) is 4.10. The van der Waals surface area contributed by atoms with Gasteiger partial charge in [0.15, 0.2) is 5.82 Å². The van der Waals surface area contributed by atoms with Gasteiger partial charge >= 0.3 is 0 Å². The Morgan fingerprint density at radius 1 is 1.33 bits per heavy atom. The molecule has 1 fully saturated rings. The zero-order valence-corrected chi connectivity index (χ0v) is 11.0. The smallest absolute Gasteiger partial charge is 0.151 e. The average Bonchev–Trinajstić information content (AvgIpc) is 2.99. The fourth-order valence-electron chi connectivity index (χ4n) is 2.92. The molecule has 18 heavy (non-hydrogen) atoms. The van der Waals surface area contributed by atoms with Crippen LogP contribution in [-0.2, 0) is 12.4 Å². The van der Waals surface area contributed by atoms with Crippen molar-refractivity contribution in [3.63, 3.8) is 0 Å². The Labute approximate surface area is 111 Å². The average molecular weight is 267 g/mol. The van der Waals surface area contributed by atoms with Gasteiger partial charge in [-0.2, -0.15) is 0 Å². The summed E-state index contributed by atoms with van der Waals surface area (Å²) < 4.78 is 15.8. The Kier molecular flexibility index (Phi) is 3.25. The van der Waals surface area contributed by atoms with Crippen LogP contribution in [0.15, 0.2) is 18.2 Å². The fourth-order valence-corrected chi connectivity index (χ4v) is 3.12. The quantitative estimate of drug-likeness (QED) is 0.765. The summed E-state index contributed by atoms with van der Waals surface area (Å²) in [6, 6.07) is 5.12. The van der Waals surface area contributed by atoms with E-state index in [1.54, 1.807) is 6.07 Å². The van der Waals surface area contributed by atoms with E-state index in [0.29, 0.717) is 17.3 Å². The number of nitrogens with zero attached hydrogens (tertiary/aromatic N) is 2. The Balaban J connectivity index is 2.04. The van der Waals surface area contributed by atoms with Crippen molar-refractivity contribution >= 4 is 22.6 Å². The number of hydrogen-bond donors (Lipinski definition) is 0. The Bertz CT molecular complexity index is 558. The zero-order chi connectivity index (χ0) is 12.5. The van der Waals surface area contributed by atoms with E-state index in [1.807, 2.05) is 6.07 Å². The van der Waals surface area contributed by atoms with Crippen LogP contribution < -0.4 is 0 Å². The van der Waals surface area contributed by atoms with Crippen molar-refractivity contribution in [2.75, 3.05) is 0 Å². The standard InChI is InChI=1S/C14H16ClFN2/c15-8-13-17-14-11(16)6-3-7-12(14)18(13)9-10-4-1-2-5-10/h3,6-7,10H,1-2,4-5,8-9H2. The summed E-state index contributed by atoms with van der Waals surface area (Å²) in [6.45, 7) is 0.919. The third-order valence-corrected chi connectivity index (χ3v) is 4.08. The van der Waals surface area contributed by atoms with Crippen molar-refractivity contribution in [2.24, 2.45) is 5.92 Å². The highest BCUT2D eigenvalue weighted by molar-refractivity contribution is 6.16. The molecule has 1 saturated carbocycles. The number of halogens is 2. The number of alkyl halides is 1. The molecular formula is C14H16ClFN2. The van der Waals surface area contributed by atoms with Crippen LogP contribution in [0.1, 0.15) is 31.5 Å². The van der Waals surface area contributed by atoms with Crippen LogP contribution in [0.25, 0.3) is 11.0 Å². The summed E-state index contributed by atoms with van der Waals surface area (Å²) in [4.78, 5) is 4.33. The lowest BCUT2D eigenvalue weighted by atomic mass is 10.1. The minimum absolute atomic E-state index is 0.260. The van der Waals surface area contributed by atoms with Crippen LogP contribution >= 0.6 is 11.6 Å². The maximum atomic E-state index is 13.7. The Morgan fingerprint density at radius 3 is 2.83 bits per heavy atom. The fraction of sp³-hybridized carbons (Fsp3) is 0.500. The van der Waals surface area contributed by atoms with Crippen LogP contribution in [0.3, 0.4) is 0 Å². The molecule has 0 N–H and O–H groups in total. The van der Waals surface area contributed by atoms with Gasteiger partial charge in [-0.05, 0) is 30.9 Å². The van der Waals surface area contributed by atoms with E-state index < -0.39 is 0 Å². The van der Waals surface area contributed by atoms with Crippen molar-refractivity contribution in [1.29, 1.82) is 0 Å². The second-order valence-electron chi connectivity index (χ2n) is 5.03. The van der Waals surface area contributed by atoms with Crippen molar-refractivity contribution in [1.82, 2.24) is 9.55 Å². The van der Waals surface area contributed by atoms with Gasteiger partial charge in [0.25, 0.3) is 0 Å². The molecule has 0 spiro atoms. The van der Waals surface area contributed by atoms with E-state index in [-0.39, 0.29) is 5.82 Å². The highest BCUT2D eigenvalue weighted by Gasteiger charge is 2.19. The minimum Gasteiger partial charge on any atom is -0.327 e. The van der Waals surface area contributed by atoms with Crippen molar-refractivity contribution in [3.05, 3.63) is 29.8 Å². The van der Waals surface area contributed by atoms with E-state index in [9.17, 15) is 4.39 Å². The Hall–Kier alpha value is -1.09. The first-order chi connectivity index (χ1) is 8.79. The molecular weight excluding hydrogens is 251 g/mol. The molecule has 0 atom stereocenters. The molecule has 0 unspecified atom stereocenters. The second-order valence-corrected chi connectivity index (χ2v) is 5.30. The summed E-state index contributed by atoms with van der Waals surface area (Å²) in [7, 11) is 0. The summed E-state index contributed by atoms with van der Waals surface area (Å²) in [6.07, 6.45) is 5.14. The van der Waals surface area contributed by atoms with E-state index in [2.05, 4.69) is 9.55 Å². The molecule has 0 saturated heterocycles. The SMILES string of the molecule is Fc1cccc2c1nc(CCl)n2CC1CCCC1. The summed E-state index contributed by atoms with van der Waals surface area (Å²) in [5.41, 5.74) is 1.32. The third-order valence-electron chi connectivity index (χ3n) is 3.84. The number of hydrogen-bond acceptors (Lipinski definition) is 1. The maximum absolute atomic E-state index is 13.7. The van der Waals surface area contributed by atoms with Crippen LogP contribution in [0.5, 0.6) is 0 Å². The van der Waals surface area contributed by atoms with Crippen molar-refractivity contribution < 1.29 is 4.39 Å². The lowest BCUT2D eigenvalue weighted by Crippen LogP contribution is -2.09. The molecule has 1 aromatic carbocycles. The number of rotatable bonds is 3. The molecule has 4 heteroatoms. The lowest BCUT2D eigenvalue weighted by molar-refractivity contribution is 0.457. The van der Waals surface area contributed by atoms with E-state index in [0.717, 1.165) is 17.9 Å². The van der Waals surface area contributed by atoms with E-state index >= 15 is 0 Å². The highest BCUT2D eigenvalue weighted by atomic mass is 35.5. The van der Waals surface area contributed by atoms with Crippen LogP contribution in [0, 0.1) is 11.7 Å². The van der Waals surface area contributed by atoms with Gasteiger partial charge in [-0.15, -0.1) is 11.6 Å². The molecule has 0 bridgehead atoms. The number of benzene rings is 1. The monoisotopic (exact) mass is 266 g/mol. The first-order valence-electron chi connectivity index (χ1n) is 6.49. The van der Waals surface area contributed by atoms with Gasteiger partial charge in [0.05, 0.1) is 11.4 Å². The number of aromatic nitrogens is 2. The largest absolute Gasteiger partial charge is 0.327 e. The van der Waals surface area contributed by atoms with E-state index in [4.69, 9.17) is 11.6 Å². The number of para-hydroxylation sites is 1. The first-order valence-corrected chi connectivity index (χ1v) is 7.02. The first kappa shape index (κ1) is 12.0. The molecule has 1 aromatic heterocycles. The van der Waals surface area contributed by atoms with E-state index in [1.165, 1.54) is 31.7 Å². The number of fused-ring (bicyclic) bond motifs is 1. The summed E-state index contributed by atoms with van der Waals surface area (Å²) >= 11 is 5.94. The molecule has 0 radical (unpaired) electrons. The Morgan fingerprint density at radius 2 is 2.11 bits per heavy atom. The van der Waals surface area contributed by atoms with Crippen LogP contribution in [0.2, 0.25) is 0 Å². The van der Waals surface area contributed by atoms with Gasteiger partial charge in [-0.25, -0.2) is 9.37 Å². The molecule has 3 rings (SSSR count). The molecule has 1 aliphatic carbocycles. The summed E-state index contributed by atoms with van der Waals surface area (Å²) in [5, 5.41) is 0. The normalized spacial score (nSPS) is 16.8. The predicted molar refractivity (Wildman–Crippen MR) is 71.2 cm³/mol. The molecule has 0 amide bonds. The molecule has 1 aliphatic rings. The van der Waals surface area contributed by atoms with Gasteiger partial charge in [-0.1, -0.05) is 18.9 Å². The van der Waals surface area contributed by atoms with Gasteiger partial charge in [-0.3, -0.25) is 0 Å². The topological polar surface area (TPSA) is 17.8 Å². The number of imidazole rings is 1.